The van der Waals surface area contributed by atoms with E-state index in [-0.39, 0.29) is 6.17 Å². The van der Waals surface area contributed by atoms with Gasteiger partial charge in [0.15, 0.2) is 5.82 Å². The van der Waals surface area contributed by atoms with Crippen molar-refractivity contribution >= 4 is 23.0 Å². The molecule has 1 aromatic carbocycles. The molecule has 0 aliphatic carbocycles. The van der Waals surface area contributed by atoms with Crippen LogP contribution in [0.2, 0.25) is 0 Å². The highest BCUT2D eigenvalue weighted by Crippen LogP contribution is 2.45. The summed E-state index contributed by atoms with van der Waals surface area (Å²) in [6, 6.07) is 10.2. The van der Waals surface area contributed by atoms with E-state index < -0.39 is 0 Å². The van der Waals surface area contributed by atoms with Crippen molar-refractivity contribution in [2.75, 3.05) is 18.0 Å². The Morgan fingerprint density at radius 2 is 2.19 bits per heavy atom. The van der Waals surface area contributed by atoms with Crippen molar-refractivity contribution in [2.45, 2.75) is 39.3 Å². The van der Waals surface area contributed by atoms with Crippen LogP contribution in [0.1, 0.15) is 37.8 Å². The lowest BCUT2D eigenvalue weighted by Gasteiger charge is -2.39. The molecule has 4 rings (SSSR count). The highest BCUT2D eigenvalue weighted by molar-refractivity contribution is 6.02. The molecule has 0 unspecified atom stereocenters. The molecular formula is C21H24N4O. The number of aryl methyl sites for hydroxylation is 1. The second-order valence-electron chi connectivity index (χ2n) is 7.29. The van der Waals surface area contributed by atoms with Crippen LogP contribution in [0.3, 0.4) is 0 Å². The van der Waals surface area contributed by atoms with Gasteiger partial charge in [0.2, 0.25) is 0 Å². The van der Waals surface area contributed by atoms with Crippen LogP contribution in [-0.2, 0) is 11.2 Å². The van der Waals surface area contributed by atoms with Crippen LogP contribution in [0.25, 0.3) is 5.57 Å². The molecular weight excluding hydrogens is 324 g/mol. The molecule has 2 aliphatic heterocycles. The molecule has 3 heterocycles. The van der Waals surface area contributed by atoms with Gasteiger partial charge < -0.3 is 4.90 Å². The SMILES string of the molecule is CCc1ccc2c(c1)C(=C=O)[C@@H](N1CCC[C@H](C)C1)N2c1cccnn1. The van der Waals surface area contributed by atoms with E-state index in [1.807, 2.05) is 12.1 Å². The summed E-state index contributed by atoms with van der Waals surface area (Å²) in [6.45, 7) is 6.36. The summed E-state index contributed by atoms with van der Waals surface area (Å²) in [5.41, 5.74) is 3.94. The van der Waals surface area contributed by atoms with E-state index in [2.05, 4.69) is 58.0 Å². The zero-order chi connectivity index (χ0) is 18.1. The normalized spacial score (nSPS) is 23.0. The summed E-state index contributed by atoms with van der Waals surface area (Å²) in [5, 5.41) is 8.40. The predicted octanol–water partition coefficient (Wildman–Crippen LogP) is 3.46. The number of likely N-dealkylation sites (tertiary alicyclic amines) is 1. The van der Waals surface area contributed by atoms with E-state index in [0.717, 1.165) is 48.6 Å². The molecule has 26 heavy (non-hydrogen) atoms. The van der Waals surface area contributed by atoms with Crippen molar-refractivity contribution < 1.29 is 4.79 Å². The molecule has 5 heteroatoms. The average molecular weight is 348 g/mol. The zero-order valence-corrected chi connectivity index (χ0v) is 15.4. The molecule has 2 aliphatic rings. The Kier molecular flexibility index (Phi) is 4.58. The number of carbonyl (C=O) groups excluding carboxylic acids is 1. The maximum atomic E-state index is 12.0. The summed E-state index contributed by atoms with van der Waals surface area (Å²) in [5.74, 6) is 3.66. The number of benzene rings is 1. The van der Waals surface area contributed by atoms with Gasteiger partial charge in [-0.1, -0.05) is 19.9 Å². The molecule has 2 aromatic rings. The first-order valence-electron chi connectivity index (χ1n) is 9.42. The van der Waals surface area contributed by atoms with Gasteiger partial charge in [-0.25, -0.2) is 4.79 Å². The fourth-order valence-corrected chi connectivity index (χ4v) is 4.20. The van der Waals surface area contributed by atoms with Crippen LogP contribution in [-0.4, -0.2) is 40.3 Å². The molecule has 0 amide bonds. The molecule has 2 atom stereocenters. The van der Waals surface area contributed by atoms with Gasteiger partial charge in [-0.2, -0.15) is 5.10 Å². The number of fused-ring (bicyclic) bond motifs is 1. The molecule has 134 valence electrons. The molecule has 0 bridgehead atoms. The third-order valence-corrected chi connectivity index (χ3v) is 5.47. The minimum Gasteiger partial charge on any atom is -0.303 e. The zero-order valence-electron chi connectivity index (χ0n) is 15.4. The van der Waals surface area contributed by atoms with E-state index in [1.165, 1.54) is 12.0 Å². The van der Waals surface area contributed by atoms with Gasteiger partial charge in [0.05, 0.1) is 11.3 Å². The predicted molar refractivity (Wildman–Crippen MR) is 103 cm³/mol. The van der Waals surface area contributed by atoms with E-state index >= 15 is 0 Å². The van der Waals surface area contributed by atoms with Crippen LogP contribution < -0.4 is 4.90 Å². The Hall–Kier alpha value is -2.49. The second-order valence-corrected chi connectivity index (χ2v) is 7.29. The van der Waals surface area contributed by atoms with E-state index in [0.29, 0.717) is 5.92 Å². The third kappa shape index (κ3) is 2.83. The molecule has 0 N–H and O–H groups in total. The quantitative estimate of drug-likeness (QED) is 0.795. The summed E-state index contributed by atoms with van der Waals surface area (Å²) >= 11 is 0. The lowest BCUT2D eigenvalue weighted by Crippen LogP contribution is -2.48. The fraction of sp³-hybridized carbons (Fsp3) is 0.429. The maximum Gasteiger partial charge on any atom is 0.157 e. The number of piperidine rings is 1. The minimum atomic E-state index is -0.158. The number of hydrogen-bond donors (Lipinski definition) is 0. The Morgan fingerprint density at radius 1 is 1.31 bits per heavy atom. The first-order valence-corrected chi connectivity index (χ1v) is 9.42. The van der Waals surface area contributed by atoms with Crippen molar-refractivity contribution in [3.63, 3.8) is 0 Å². The monoisotopic (exact) mass is 348 g/mol. The first kappa shape index (κ1) is 17.0. The lowest BCUT2D eigenvalue weighted by molar-refractivity contribution is 0.161. The molecule has 0 spiro atoms. The highest BCUT2D eigenvalue weighted by atomic mass is 16.1. The minimum absolute atomic E-state index is 0.158. The van der Waals surface area contributed by atoms with Gasteiger partial charge in [-0.3, -0.25) is 4.90 Å². The lowest BCUT2D eigenvalue weighted by atomic mass is 9.97. The maximum absolute atomic E-state index is 12.0. The Labute approximate surface area is 154 Å². The Balaban J connectivity index is 1.86. The number of anilines is 2. The van der Waals surface area contributed by atoms with Crippen molar-refractivity contribution in [3.05, 3.63) is 47.7 Å². The summed E-state index contributed by atoms with van der Waals surface area (Å²) in [6.07, 6.45) is 4.84. The third-order valence-electron chi connectivity index (χ3n) is 5.47. The summed E-state index contributed by atoms with van der Waals surface area (Å²) in [4.78, 5) is 16.6. The topological polar surface area (TPSA) is 49.3 Å². The Bertz CT molecular complexity index is 844. The van der Waals surface area contributed by atoms with Crippen molar-refractivity contribution in [2.24, 2.45) is 5.92 Å². The van der Waals surface area contributed by atoms with Crippen LogP contribution in [0.4, 0.5) is 11.5 Å². The fourth-order valence-electron chi connectivity index (χ4n) is 4.20. The molecule has 1 fully saturated rings. The van der Waals surface area contributed by atoms with Gasteiger partial charge >= 0.3 is 0 Å². The summed E-state index contributed by atoms with van der Waals surface area (Å²) in [7, 11) is 0. The second kappa shape index (κ2) is 7.02. The molecule has 0 radical (unpaired) electrons. The smallest absolute Gasteiger partial charge is 0.157 e. The van der Waals surface area contributed by atoms with Gasteiger partial charge in [-0.15, -0.1) is 5.10 Å². The van der Waals surface area contributed by atoms with E-state index in [4.69, 9.17) is 0 Å². The molecule has 0 saturated carbocycles. The Morgan fingerprint density at radius 3 is 2.88 bits per heavy atom. The highest BCUT2D eigenvalue weighted by Gasteiger charge is 2.41. The number of rotatable bonds is 3. The van der Waals surface area contributed by atoms with Gasteiger partial charge in [0.1, 0.15) is 12.1 Å². The van der Waals surface area contributed by atoms with Gasteiger partial charge in [-0.05, 0) is 55.0 Å². The number of hydrogen-bond acceptors (Lipinski definition) is 5. The van der Waals surface area contributed by atoms with Gasteiger partial charge in [0, 0.05) is 24.8 Å². The molecule has 1 saturated heterocycles. The van der Waals surface area contributed by atoms with Crippen LogP contribution in [0, 0.1) is 5.92 Å². The standard InChI is InChI=1S/C21H24N4O/c1-3-16-8-9-19-17(12-16)18(14-26)21(24-11-5-6-15(2)13-24)25(19)20-7-4-10-22-23-20/h4,7-10,12,15,21H,3,5-6,11,13H2,1-2H3/t15-,21-/m0/s1. The van der Waals surface area contributed by atoms with E-state index in [1.54, 1.807) is 6.20 Å². The van der Waals surface area contributed by atoms with Crippen molar-refractivity contribution in [1.82, 2.24) is 15.1 Å². The number of aromatic nitrogens is 2. The largest absolute Gasteiger partial charge is 0.303 e. The van der Waals surface area contributed by atoms with E-state index in [9.17, 15) is 4.79 Å². The van der Waals surface area contributed by atoms with Crippen LogP contribution >= 0.6 is 0 Å². The van der Waals surface area contributed by atoms with Crippen LogP contribution in [0.5, 0.6) is 0 Å². The average Bonchev–Trinajstić information content (AvgIpc) is 3.02. The van der Waals surface area contributed by atoms with Crippen molar-refractivity contribution in [3.8, 4) is 0 Å². The molecule has 1 aromatic heterocycles. The summed E-state index contributed by atoms with van der Waals surface area (Å²) < 4.78 is 0. The number of nitrogens with zero attached hydrogens (tertiary/aromatic N) is 4. The van der Waals surface area contributed by atoms with Crippen LogP contribution in [0.15, 0.2) is 36.5 Å². The van der Waals surface area contributed by atoms with Gasteiger partial charge in [0.25, 0.3) is 0 Å². The first-order chi connectivity index (χ1) is 12.7. The molecule has 5 nitrogen and oxygen atoms in total. The van der Waals surface area contributed by atoms with Crippen molar-refractivity contribution in [1.29, 1.82) is 0 Å².